The minimum absolute atomic E-state index is 0.0102. The van der Waals surface area contributed by atoms with Crippen LogP contribution >= 0.6 is 0 Å². The first-order valence-electron chi connectivity index (χ1n) is 6.66. The Bertz CT molecular complexity index is 807. The highest BCUT2D eigenvalue weighted by Crippen LogP contribution is 2.20. The summed E-state index contributed by atoms with van der Waals surface area (Å²) in [5.74, 6) is -1.13. The van der Waals surface area contributed by atoms with Gasteiger partial charge < -0.3 is 9.67 Å². The Balaban J connectivity index is 1.99. The fourth-order valence-corrected chi connectivity index (χ4v) is 2.53. The molecule has 0 aliphatic heterocycles. The van der Waals surface area contributed by atoms with Crippen LogP contribution in [0.25, 0.3) is 10.9 Å². The number of halogens is 1. The van der Waals surface area contributed by atoms with Crippen LogP contribution in [0.2, 0.25) is 0 Å². The molecule has 4 heteroatoms. The number of fused-ring (bicyclic) bond motifs is 1. The number of benzene rings is 2. The summed E-state index contributed by atoms with van der Waals surface area (Å²) in [5, 5.41) is 9.93. The average Bonchev–Trinajstić information content (AvgIpc) is 2.83. The summed E-state index contributed by atoms with van der Waals surface area (Å²) in [6.07, 6.45) is 1.88. The Morgan fingerprint density at radius 3 is 2.62 bits per heavy atom. The molecule has 2 aromatic carbocycles. The molecule has 1 heterocycles. The number of aliphatic carboxylic acids is 1. The van der Waals surface area contributed by atoms with Crippen LogP contribution in [0.5, 0.6) is 0 Å². The van der Waals surface area contributed by atoms with Crippen LogP contribution in [0.3, 0.4) is 0 Å². The highest BCUT2D eigenvalue weighted by molar-refractivity contribution is 5.80. The lowest BCUT2D eigenvalue weighted by Gasteiger charge is -2.10. The molecular weight excluding hydrogens is 269 g/mol. The first-order valence-corrected chi connectivity index (χ1v) is 6.66. The van der Waals surface area contributed by atoms with Gasteiger partial charge in [0.05, 0.1) is 11.9 Å². The average molecular weight is 283 g/mol. The summed E-state index contributed by atoms with van der Waals surface area (Å²) in [6.45, 7) is 0.524. The van der Waals surface area contributed by atoms with Gasteiger partial charge in [0.2, 0.25) is 0 Å². The molecule has 106 valence electrons. The third-order valence-corrected chi connectivity index (χ3v) is 3.54. The molecule has 0 fully saturated rings. The van der Waals surface area contributed by atoms with E-state index in [1.165, 1.54) is 12.1 Å². The molecule has 21 heavy (non-hydrogen) atoms. The van der Waals surface area contributed by atoms with Gasteiger partial charge in [-0.05, 0) is 40.8 Å². The Kier molecular flexibility index (Phi) is 3.44. The Labute approximate surface area is 121 Å². The van der Waals surface area contributed by atoms with E-state index in [2.05, 4.69) is 0 Å². The number of carboxylic acid groups (broad SMARTS) is 1. The summed E-state index contributed by atoms with van der Waals surface area (Å²) >= 11 is 0. The standard InChI is InChI=1S/C17H14FNO2/c18-15-6-5-12-7-8-19(16(12)10-15)11-14-4-2-1-3-13(14)9-17(20)21/h1-8,10H,9,11H2,(H,20,21). The van der Waals surface area contributed by atoms with Gasteiger partial charge in [-0.25, -0.2) is 4.39 Å². The third-order valence-electron chi connectivity index (χ3n) is 3.54. The van der Waals surface area contributed by atoms with Gasteiger partial charge in [-0.15, -0.1) is 0 Å². The van der Waals surface area contributed by atoms with Crippen LogP contribution in [0, 0.1) is 5.82 Å². The summed E-state index contributed by atoms with van der Waals surface area (Å²) in [4.78, 5) is 10.9. The second-order valence-electron chi connectivity index (χ2n) is 4.99. The second-order valence-corrected chi connectivity index (χ2v) is 4.99. The summed E-state index contributed by atoms with van der Waals surface area (Å²) in [6, 6.07) is 14.0. The maximum absolute atomic E-state index is 13.4. The number of hydrogen-bond acceptors (Lipinski definition) is 1. The largest absolute Gasteiger partial charge is 0.481 e. The van der Waals surface area contributed by atoms with Gasteiger partial charge in [0.25, 0.3) is 0 Å². The predicted octanol–water partition coefficient (Wildman–Crippen LogP) is 3.46. The zero-order chi connectivity index (χ0) is 14.8. The first kappa shape index (κ1) is 13.4. The molecule has 0 aliphatic carbocycles. The van der Waals surface area contributed by atoms with Crippen LogP contribution in [0.1, 0.15) is 11.1 Å². The SMILES string of the molecule is O=C(O)Cc1ccccc1Cn1ccc2ccc(F)cc21. The maximum atomic E-state index is 13.4. The van der Waals surface area contributed by atoms with E-state index in [1.807, 2.05) is 41.1 Å². The normalized spacial score (nSPS) is 10.9. The fraction of sp³-hybridized carbons (Fsp3) is 0.118. The molecule has 3 aromatic rings. The number of carbonyl (C=O) groups is 1. The molecule has 1 N–H and O–H groups in total. The third kappa shape index (κ3) is 2.79. The zero-order valence-corrected chi connectivity index (χ0v) is 11.3. The lowest BCUT2D eigenvalue weighted by molar-refractivity contribution is -0.136. The van der Waals surface area contributed by atoms with Crippen LogP contribution in [-0.2, 0) is 17.8 Å². The highest BCUT2D eigenvalue weighted by atomic mass is 19.1. The van der Waals surface area contributed by atoms with E-state index >= 15 is 0 Å². The quantitative estimate of drug-likeness (QED) is 0.796. The molecule has 1 aromatic heterocycles. The number of aromatic nitrogens is 1. The van der Waals surface area contributed by atoms with E-state index < -0.39 is 5.97 Å². The van der Waals surface area contributed by atoms with Gasteiger partial charge in [0.1, 0.15) is 5.82 Å². The van der Waals surface area contributed by atoms with Crippen molar-refractivity contribution < 1.29 is 14.3 Å². The van der Waals surface area contributed by atoms with Gasteiger partial charge in [-0.2, -0.15) is 0 Å². The molecule has 3 nitrogen and oxygen atoms in total. The fourth-order valence-electron chi connectivity index (χ4n) is 2.53. The lowest BCUT2D eigenvalue weighted by atomic mass is 10.0. The van der Waals surface area contributed by atoms with E-state index in [1.54, 1.807) is 6.07 Å². The molecule has 0 saturated carbocycles. The summed E-state index contributed by atoms with van der Waals surface area (Å²) in [7, 11) is 0. The topological polar surface area (TPSA) is 42.2 Å². The lowest BCUT2D eigenvalue weighted by Crippen LogP contribution is -2.06. The van der Waals surface area contributed by atoms with Crippen LogP contribution < -0.4 is 0 Å². The molecule has 0 bridgehead atoms. The van der Waals surface area contributed by atoms with Crippen molar-refractivity contribution in [3.8, 4) is 0 Å². The van der Waals surface area contributed by atoms with Crippen molar-refractivity contribution >= 4 is 16.9 Å². The minimum Gasteiger partial charge on any atom is -0.481 e. The van der Waals surface area contributed by atoms with E-state index in [9.17, 15) is 9.18 Å². The number of carboxylic acids is 1. The first-order chi connectivity index (χ1) is 10.1. The summed E-state index contributed by atoms with van der Waals surface area (Å²) in [5.41, 5.74) is 2.52. The summed E-state index contributed by atoms with van der Waals surface area (Å²) < 4.78 is 15.3. The molecule has 0 unspecified atom stereocenters. The molecule has 0 radical (unpaired) electrons. The number of nitrogens with zero attached hydrogens (tertiary/aromatic N) is 1. The second kappa shape index (κ2) is 5.40. The predicted molar refractivity (Wildman–Crippen MR) is 78.8 cm³/mol. The molecule has 0 saturated heterocycles. The molecular formula is C17H14FNO2. The molecule has 0 atom stereocenters. The van der Waals surface area contributed by atoms with E-state index in [-0.39, 0.29) is 12.2 Å². The maximum Gasteiger partial charge on any atom is 0.307 e. The van der Waals surface area contributed by atoms with Crippen molar-refractivity contribution in [3.05, 3.63) is 71.7 Å². The molecule has 3 rings (SSSR count). The van der Waals surface area contributed by atoms with Gasteiger partial charge in [-0.1, -0.05) is 24.3 Å². The van der Waals surface area contributed by atoms with Crippen molar-refractivity contribution in [1.29, 1.82) is 0 Å². The van der Waals surface area contributed by atoms with Crippen molar-refractivity contribution in [3.63, 3.8) is 0 Å². The number of hydrogen-bond donors (Lipinski definition) is 1. The molecule has 0 spiro atoms. The monoisotopic (exact) mass is 283 g/mol. The van der Waals surface area contributed by atoms with E-state index in [0.29, 0.717) is 6.54 Å². The van der Waals surface area contributed by atoms with Crippen molar-refractivity contribution in [2.24, 2.45) is 0 Å². The van der Waals surface area contributed by atoms with Crippen LogP contribution in [0.4, 0.5) is 4.39 Å². The van der Waals surface area contributed by atoms with Crippen molar-refractivity contribution in [1.82, 2.24) is 4.57 Å². The van der Waals surface area contributed by atoms with Gasteiger partial charge in [0, 0.05) is 12.7 Å². The van der Waals surface area contributed by atoms with Gasteiger partial charge >= 0.3 is 5.97 Å². The van der Waals surface area contributed by atoms with E-state index in [0.717, 1.165) is 22.0 Å². The number of rotatable bonds is 4. The van der Waals surface area contributed by atoms with Crippen LogP contribution in [0.15, 0.2) is 54.7 Å². The van der Waals surface area contributed by atoms with Gasteiger partial charge in [0.15, 0.2) is 0 Å². The van der Waals surface area contributed by atoms with Crippen LogP contribution in [-0.4, -0.2) is 15.6 Å². The molecule has 0 amide bonds. The van der Waals surface area contributed by atoms with Crippen molar-refractivity contribution in [2.45, 2.75) is 13.0 Å². The van der Waals surface area contributed by atoms with Gasteiger partial charge in [-0.3, -0.25) is 4.79 Å². The minimum atomic E-state index is -0.856. The Morgan fingerprint density at radius 1 is 1.10 bits per heavy atom. The molecule has 0 aliphatic rings. The Morgan fingerprint density at radius 2 is 1.86 bits per heavy atom. The smallest absolute Gasteiger partial charge is 0.307 e. The zero-order valence-electron chi connectivity index (χ0n) is 11.3. The van der Waals surface area contributed by atoms with Crippen molar-refractivity contribution in [2.75, 3.05) is 0 Å². The Hall–Kier alpha value is -2.62. The highest BCUT2D eigenvalue weighted by Gasteiger charge is 2.08. The van der Waals surface area contributed by atoms with E-state index in [4.69, 9.17) is 5.11 Å².